The lowest BCUT2D eigenvalue weighted by Crippen LogP contribution is -2.10. The lowest BCUT2D eigenvalue weighted by molar-refractivity contribution is 0.628. The number of aromatic nitrogens is 1. The number of hydrogen-bond acceptors (Lipinski definition) is 3. The summed E-state index contributed by atoms with van der Waals surface area (Å²) >= 11 is 0. The second-order valence-electron chi connectivity index (χ2n) is 4.63. The highest BCUT2D eigenvalue weighted by molar-refractivity contribution is 6.01. The molecule has 0 unspecified atom stereocenters. The minimum Gasteiger partial charge on any atom is -0.398 e. The number of anilines is 3. The first-order valence-electron chi connectivity index (χ1n) is 6.28. The van der Waals surface area contributed by atoms with E-state index in [0.29, 0.717) is 5.69 Å². The van der Waals surface area contributed by atoms with E-state index in [2.05, 4.69) is 4.98 Å². The van der Waals surface area contributed by atoms with Crippen LogP contribution in [-0.2, 0) is 0 Å². The van der Waals surface area contributed by atoms with Crippen molar-refractivity contribution in [1.29, 1.82) is 0 Å². The third-order valence-electron chi connectivity index (χ3n) is 3.39. The summed E-state index contributed by atoms with van der Waals surface area (Å²) in [7, 11) is 1.90. The molecule has 3 nitrogen and oxygen atoms in total. The maximum atomic E-state index is 13.4. The summed E-state index contributed by atoms with van der Waals surface area (Å²) in [6, 6.07) is 12.1. The Morgan fingerprint density at radius 1 is 1.10 bits per heavy atom. The predicted octanol–water partition coefficient (Wildman–Crippen LogP) is 3.72. The van der Waals surface area contributed by atoms with Crippen LogP contribution in [-0.4, -0.2) is 12.0 Å². The molecular formula is C16H14FN3. The first-order chi connectivity index (χ1) is 9.66. The van der Waals surface area contributed by atoms with E-state index in [1.165, 1.54) is 12.1 Å². The SMILES string of the molecule is CN(c1cccc(F)c1)c1ccc(N)c2ccncc12. The van der Waals surface area contributed by atoms with Crippen LogP contribution in [0.4, 0.5) is 21.5 Å². The van der Waals surface area contributed by atoms with Crippen LogP contribution in [0.2, 0.25) is 0 Å². The highest BCUT2D eigenvalue weighted by Gasteiger charge is 2.10. The molecule has 100 valence electrons. The number of benzene rings is 2. The Morgan fingerprint density at radius 2 is 1.95 bits per heavy atom. The number of hydrogen-bond donors (Lipinski definition) is 1. The van der Waals surface area contributed by atoms with Gasteiger partial charge in [0.25, 0.3) is 0 Å². The van der Waals surface area contributed by atoms with Gasteiger partial charge < -0.3 is 10.6 Å². The van der Waals surface area contributed by atoms with E-state index in [1.54, 1.807) is 18.5 Å². The zero-order chi connectivity index (χ0) is 14.1. The summed E-state index contributed by atoms with van der Waals surface area (Å²) in [6.45, 7) is 0. The Kier molecular flexibility index (Phi) is 2.99. The molecule has 1 heterocycles. The lowest BCUT2D eigenvalue weighted by atomic mass is 10.1. The van der Waals surface area contributed by atoms with E-state index < -0.39 is 0 Å². The summed E-state index contributed by atoms with van der Waals surface area (Å²) in [5.41, 5.74) is 8.40. The van der Waals surface area contributed by atoms with Gasteiger partial charge in [0, 0.05) is 41.6 Å². The number of halogens is 1. The van der Waals surface area contributed by atoms with Crippen molar-refractivity contribution in [3.05, 3.63) is 60.7 Å². The normalized spacial score (nSPS) is 10.7. The molecule has 0 aliphatic heterocycles. The molecule has 0 atom stereocenters. The number of nitrogen functional groups attached to an aromatic ring is 1. The molecule has 0 amide bonds. The van der Waals surface area contributed by atoms with Gasteiger partial charge >= 0.3 is 0 Å². The summed E-state index contributed by atoms with van der Waals surface area (Å²) in [5.74, 6) is -0.257. The summed E-state index contributed by atoms with van der Waals surface area (Å²) < 4.78 is 13.4. The van der Waals surface area contributed by atoms with Crippen molar-refractivity contribution in [3.8, 4) is 0 Å². The Morgan fingerprint density at radius 3 is 2.75 bits per heavy atom. The standard InChI is InChI=1S/C16H14FN3/c1-20(12-4-2-3-11(17)9-12)16-6-5-15(18)13-7-8-19-10-14(13)16/h2-10H,18H2,1H3. The number of nitrogens with zero attached hydrogens (tertiary/aromatic N) is 2. The van der Waals surface area contributed by atoms with Gasteiger partial charge in [0.2, 0.25) is 0 Å². The fourth-order valence-electron chi connectivity index (χ4n) is 2.31. The van der Waals surface area contributed by atoms with Crippen molar-refractivity contribution in [3.63, 3.8) is 0 Å². The van der Waals surface area contributed by atoms with E-state index in [9.17, 15) is 4.39 Å². The van der Waals surface area contributed by atoms with Gasteiger partial charge in [-0.1, -0.05) is 6.07 Å². The molecule has 0 saturated carbocycles. The van der Waals surface area contributed by atoms with Gasteiger partial charge in [0.1, 0.15) is 5.82 Å². The zero-order valence-corrected chi connectivity index (χ0v) is 11.0. The lowest BCUT2D eigenvalue weighted by Gasteiger charge is -2.21. The Hall–Kier alpha value is -2.62. The number of nitrogens with two attached hydrogens (primary N) is 1. The third-order valence-corrected chi connectivity index (χ3v) is 3.39. The number of fused-ring (bicyclic) bond motifs is 1. The molecule has 4 heteroatoms. The van der Waals surface area contributed by atoms with Crippen LogP contribution in [0.1, 0.15) is 0 Å². The average molecular weight is 267 g/mol. The molecule has 20 heavy (non-hydrogen) atoms. The Labute approximate surface area is 116 Å². The van der Waals surface area contributed by atoms with E-state index in [-0.39, 0.29) is 5.82 Å². The van der Waals surface area contributed by atoms with Gasteiger partial charge in [0.05, 0.1) is 5.69 Å². The van der Waals surface area contributed by atoms with Gasteiger partial charge in [-0.2, -0.15) is 0 Å². The van der Waals surface area contributed by atoms with Crippen molar-refractivity contribution in [2.24, 2.45) is 0 Å². The van der Waals surface area contributed by atoms with Crippen molar-refractivity contribution < 1.29 is 4.39 Å². The minimum absolute atomic E-state index is 0.257. The smallest absolute Gasteiger partial charge is 0.125 e. The van der Waals surface area contributed by atoms with Gasteiger partial charge in [-0.05, 0) is 36.4 Å². The van der Waals surface area contributed by atoms with Crippen LogP contribution in [0.3, 0.4) is 0 Å². The van der Waals surface area contributed by atoms with E-state index in [4.69, 9.17) is 5.73 Å². The minimum atomic E-state index is -0.257. The first-order valence-corrected chi connectivity index (χ1v) is 6.28. The Balaban J connectivity index is 2.17. The van der Waals surface area contributed by atoms with Crippen LogP contribution in [0, 0.1) is 5.82 Å². The van der Waals surface area contributed by atoms with Crippen molar-refractivity contribution >= 4 is 27.8 Å². The van der Waals surface area contributed by atoms with E-state index in [1.807, 2.05) is 36.2 Å². The van der Waals surface area contributed by atoms with E-state index in [0.717, 1.165) is 22.1 Å². The fraction of sp³-hybridized carbons (Fsp3) is 0.0625. The van der Waals surface area contributed by atoms with Gasteiger partial charge in [-0.15, -0.1) is 0 Å². The first kappa shape index (κ1) is 12.4. The molecule has 0 bridgehead atoms. The molecular weight excluding hydrogens is 253 g/mol. The number of rotatable bonds is 2. The van der Waals surface area contributed by atoms with Crippen molar-refractivity contribution in [1.82, 2.24) is 4.98 Å². The molecule has 3 aromatic rings. The molecule has 2 aromatic carbocycles. The third kappa shape index (κ3) is 2.05. The van der Waals surface area contributed by atoms with Crippen LogP contribution in [0.5, 0.6) is 0 Å². The molecule has 0 aliphatic rings. The monoisotopic (exact) mass is 267 g/mol. The average Bonchev–Trinajstić information content (AvgIpc) is 2.47. The Bertz CT molecular complexity index is 771. The van der Waals surface area contributed by atoms with Gasteiger partial charge in [0.15, 0.2) is 0 Å². The molecule has 0 spiro atoms. The fourth-order valence-corrected chi connectivity index (χ4v) is 2.31. The highest BCUT2D eigenvalue weighted by Crippen LogP contribution is 2.33. The summed E-state index contributed by atoms with van der Waals surface area (Å²) in [6.07, 6.45) is 3.49. The van der Waals surface area contributed by atoms with Crippen LogP contribution < -0.4 is 10.6 Å². The molecule has 0 radical (unpaired) electrons. The topological polar surface area (TPSA) is 42.1 Å². The van der Waals surface area contributed by atoms with Crippen LogP contribution in [0.25, 0.3) is 10.8 Å². The van der Waals surface area contributed by atoms with Crippen molar-refractivity contribution in [2.45, 2.75) is 0 Å². The maximum Gasteiger partial charge on any atom is 0.125 e. The summed E-state index contributed by atoms with van der Waals surface area (Å²) in [5, 5.41) is 1.89. The predicted molar refractivity (Wildman–Crippen MR) is 80.6 cm³/mol. The molecule has 0 fully saturated rings. The molecule has 2 N–H and O–H groups in total. The van der Waals surface area contributed by atoms with Crippen LogP contribution >= 0.6 is 0 Å². The van der Waals surface area contributed by atoms with Crippen molar-refractivity contribution in [2.75, 3.05) is 17.7 Å². The largest absolute Gasteiger partial charge is 0.398 e. The zero-order valence-electron chi connectivity index (χ0n) is 11.0. The van der Waals surface area contributed by atoms with Gasteiger partial charge in [-0.3, -0.25) is 4.98 Å². The van der Waals surface area contributed by atoms with Gasteiger partial charge in [-0.25, -0.2) is 4.39 Å². The molecule has 0 aliphatic carbocycles. The number of pyridine rings is 1. The second-order valence-corrected chi connectivity index (χ2v) is 4.63. The highest BCUT2D eigenvalue weighted by atomic mass is 19.1. The molecule has 3 rings (SSSR count). The van der Waals surface area contributed by atoms with Crippen LogP contribution in [0.15, 0.2) is 54.9 Å². The summed E-state index contributed by atoms with van der Waals surface area (Å²) in [4.78, 5) is 6.08. The molecule has 1 aromatic heterocycles. The molecule has 0 saturated heterocycles. The maximum absolute atomic E-state index is 13.4. The van der Waals surface area contributed by atoms with E-state index >= 15 is 0 Å². The quantitative estimate of drug-likeness (QED) is 0.719. The second kappa shape index (κ2) is 4.81.